The molecule has 0 spiro atoms. The van der Waals surface area contributed by atoms with Crippen molar-refractivity contribution in [1.82, 2.24) is 10.2 Å². The number of aliphatic hydroxyl groups is 1. The number of hydrogen-bond acceptors (Lipinski definition) is 3. The first-order valence-electron chi connectivity index (χ1n) is 11.8. The SMILES string of the molecule is CN[C@@H]1CC[C@@]2(C)[C@@H](CC[C@@H]3[C@@H]2CC[C@]2(C)[C@@H]([C@H](C)N(C)C)CC[C@@H]32)[C@@H]1O. The lowest BCUT2D eigenvalue weighted by molar-refractivity contribution is -0.152. The van der Waals surface area contributed by atoms with Gasteiger partial charge in [-0.15, -0.1) is 0 Å². The third kappa shape index (κ3) is 2.86. The van der Waals surface area contributed by atoms with Gasteiger partial charge in [0.2, 0.25) is 0 Å². The maximum absolute atomic E-state index is 11.1. The number of likely N-dealkylation sites (N-methyl/N-ethyl adjacent to an activating group) is 1. The van der Waals surface area contributed by atoms with Crippen LogP contribution in [0.15, 0.2) is 0 Å². The fourth-order valence-electron chi connectivity index (χ4n) is 8.84. The molecule has 0 heterocycles. The summed E-state index contributed by atoms with van der Waals surface area (Å²) in [4.78, 5) is 2.46. The van der Waals surface area contributed by atoms with E-state index in [4.69, 9.17) is 0 Å². The largest absolute Gasteiger partial charge is 0.391 e. The molecular formula is C24H44N2O. The van der Waals surface area contributed by atoms with Gasteiger partial charge in [0.05, 0.1) is 6.10 Å². The molecule has 0 unspecified atom stereocenters. The third-order valence-corrected chi connectivity index (χ3v) is 10.6. The lowest BCUT2D eigenvalue weighted by atomic mass is 9.44. The van der Waals surface area contributed by atoms with E-state index in [2.05, 4.69) is 45.1 Å². The summed E-state index contributed by atoms with van der Waals surface area (Å²) in [6.45, 7) is 7.66. The first-order chi connectivity index (χ1) is 12.7. The normalized spacial score (nSPS) is 53.6. The first kappa shape index (κ1) is 20.2. The van der Waals surface area contributed by atoms with Crippen molar-refractivity contribution in [2.75, 3.05) is 21.1 Å². The minimum absolute atomic E-state index is 0.145. The molecule has 4 fully saturated rings. The average molecular weight is 377 g/mol. The summed E-state index contributed by atoms with van der Waals surface area (Å²) in [6.07, 6.45) is 10.6. The molecule has 0 aromatic heterocycles. The van der Waals surface area contributed by atoms with Crippen LogP contribution in [0.2, 0.25) is 0 Å². The van der Waals surface area contributed by atoms with Crippen molar-refractivity contribution in [1.29, 1.82) is 0 Å². The number of fused-ring (bicyclic) bond motifs is 5. The average Bonchev–Trinajstić information content (AvgIpc) is 2.98. The van der Waals surface area contributed by atoms with Gasteiger partial charge in [-0.3, -0.25) is 0 Å². The molecule has 0 radical (unpaired) electrons. The Morgan fingerprint density at radius 2 is 1.52 bits per heavy atom. The van der Waals surface area contributed by atoms with E-state index in [0.717, 1.165) is 30.1 Å². The second-order valence-electron chi connectivity index (χ2n) is 11.4. The molecule has 2 N–H and O–H groups in total. The van der Waals surface area contributed by atoms with E-state index in [9.17, 15) is 5.11 Å². The molecule has 156 valence electrons. The highest BCUT2D eigenvalue weighted by Gasteiger charge is 2.62. The topological polar surface area (TPSA) is 35.5 Å². The molecule has 0 aliphatic heterocycles. The minimum Gasteiger partial charge on any atom is -0.391 e. The quantitative estimate of drug-likeness (QED) is 0.776. The molecule has 0 aromatic carbocycles. The number of hydrogen-bond donors (Lipinski definition) is 2. The van der Waals surface area contributed by atoms with E-state index in [0.29, 0.717) is 28.8 Å². The van der Waals surface area contributed by atoms with Crippen LogP contribution < -0.4 is 5.32 Å². The van der Waals surface area contributed by atoms with Gasteiger partial charge in [-0.1, -0.05) is 13.8 Å². The third-order valence-electron chi connectivity index (χ3n) is 10.6. The molecule has 4 aliphatic carbocycles. The molecule has 0 aromatic rings. The summed E-state index contributed by atoms with van der Waals surface area (Å²) in [5.41, 5.74) is 0.900. The van der Waals surface area contributed by atoms with Gasteiger partial charge in [0.15, 0.2) is 0 Å². The molecule has 4 aliphatic rings. The van der Waals surface area contributed by atoms with Gasteiger partial charge in [0.1, 0.15) is 0 Å². The predicted octanol–water partition coefficient (Wildman–Crippen LogP) is 4.15. The van der Waals surface area contributed by atoms with Crippen molar-refractivity contribution in [3.05, 3.63) is 0 Å². The van der Waals surface area contributed by atoms with Crippen molar-refractivity contribution in [2.24, 2.45) is 40.4 Å². The molecule has 3 heteroatoms. The smallest absolute Gasteiger partial charge is 0.0726 e. The first-order valence-corrected chi connectivity index (χ1v) is 11.8. The van der Waals surface area contributed by atoms with Crippen LogP contribution in [0.5, 0.6) is 0 Å². The Bertz CT molecular complexity index is 550. The monoisotopic (exact) mass is 376 g/mol. The maximum Gasteiger partial charge on any atom is 0.0726 e. The van der Waals surface area contributed by atoms with Crippen molar-refractivity contribution < 1.29 is 5.11 Å². The maximum atomic E-state index is 11.1. The van der Waals surface area contributed by atoms with Crippen LogP contribution in [0.25, 0.3) is 0 Å². The van der Waals surface area contributed by atoms with Crippen molar-refractivity contribution >= 4 is 0 Å². The van der Waals surface area contributed by atoms with E-state index in [1.165, 1.54) is 44.9 Å². The van der Waals surface area contributed by atoms with Crippen LogP contribution in [0.1, 0.15) is 72.1 Å². The van der Waals surface area contributed by atoms with Gasteiger partial charge >= 0.3 is 0 Å². The van der Waals surface area contributed by atoms with Gasteiger partial charge in [-0.2, -0.15) is 0 Å². The Morgan fingerprint density at radius 1 is 0.889 bits per heavy atom. The summed E-state index contributed by atoms with van der Waals surface area (Å²) in [5, 5.41) is 14.5. The van der Waals surface area contributed by atoms with Gasteiger partial charge < -0.3 is 15.3 Å². The number of nitrogens with one attached hydrogen (secondary N) is 1. The van der Waals surface area contributed by atoms with E-state index < -0.39 is 0 Å². The molecule has 0 amide bonds. The van der Waals surface area contributed by atoms with E-state index in [1.54, 1.807) is 0 Å². The number of rotatable bonds is 3. The summed E-state index contributed by atoms with van der Waals surface area (Å²) >= 11 is 0. The molecule has 3 nitrogen and oxygen atoms in total. The van der Waals surface area contributed by atoms with Crippen molar-refractivity contribution in [3.63, 3.8) is 0 Å². The van der Waals surface area contributed by atoms with Gasteiger partial charge in [-0.05, 0) is 120 Å². The van der Waals surface area contributed by atoms with Gasteiger partial charge in [-0.25, -0.2) is 0 Å². The van der Waals surface area contributed by atoms with Crippen molar-refractivity contribution in [3.8, 4) is 0 Å². The molecule has 27 heavy (non-hydrogen) atoms. The van der Waals surface area contributed by atoms with Crippen LogP contribution in [-0.2, 0) is 0 Å². The van der Waals surface area contributed by atoms with E-state index >= 15 is 0 Å². The Hall–Kier alpha value is -0.120. The molecule has 10 atom stereocenters. The summed E-state index contributed by atoms with van der Waals surface area (Å²) in [5.74, 6) is 4.03. The van der Waals surface area contributed by atoms with Crippen LogP contribution in [0.3, 0.4) is 0 Å². The Kier molecular flexibility index (Phi) is 5.22. The highest BCUT2D eigenvalue weighted by Crippen LogP contribution is 2.67. The van der Waals surface area contributed by atoms with Crippen LogP contribution in [0, 0.1) is 40.4 Å². The molecule has 0 saturated heterocycles. The zero-order valence-corrected chi connectivity index (χ0v) is 18.7. The second-order valence-corrected chi connectivity index (χ2v) is 11.4. The van der Waals surface area contributed by atoms with Crippen LogP contribution >= 0.6 is 0 Å². The lowest BCUT2D eigenvalue weighted by Gasteiger charge is -2.62. The fraction of sp³-hybridized carbons (Fsp3) is 1.00. The predicted molar refractivity (Wildman–Crippen MR) is 113 cm³/mol. The summed E-state index contributed by atoms with van der Waals surface area (Å²) in [7, 11) is 6.56. The molecule has 4 rings (SSSR count). The van der Waals surface area contributed by atoms with Crippen molar-refractivity contribution in [2.45, 2.75) is 90.3 Å². The van der Waals surface area contributed by atoms with Gasteiger partial charge in [0.25, 0.3) is 0 Å². The highest BCUT2D eigenvalue weighted by atomic mass is 16.3. The van der Waals surface area contributed by atoms with Crippen LogP contribution in [0.4, 0.5) is 0 Å². The van der Waals surface area contributed by atoms with E-state index in [1.807, 2.05) is 7.05 Å². The Labute approximate surface area is 167 Å². The number of aliphatic hydroxyl groups excluding tert-OH is 1. The summed E-state index contributed by atoms with van der Waals surface area (Å²) in [6, 6.07) is 1.00. The lowest BCUT2D eigenvalue weighted by Crippen LogP contribution is -2.60. The second kappa shape index (κ2) is 6.99. The zero-order valence-electron chi connectivity index (χ0n) is 18.7. The zero-order chi connectivity index (χ0) is 19.6. The fourth-order valence-corrected chi connectivity index (χ4v) is 8.84. The Balaban J connectivity index is 1.58. The van der Waals surface area contributed by atoms with Gasteiger partial charge in [0, 0.05) is 12.1 Å². The van der Waals surface area contributed by atoms with Crippen LogP contribution in [-0.4, -0.2) is 49.3 Å². The summed E-state index contributed by atoms with van der Waals surface area (Å²) < 4.78 is 0. The standard InChI is InChI=1S/C24H44N2O/c1-15(26(5)6)17-9-10-18-16-7-8-20-22(27)21(25-4)12-14-24(20,3)19(16)11-13-23(17,18)2/h15-22,25,27H,7-14H2,1-6H3/t15-,16-,17+,18-,19-,20-,21+,22-,23+,24+/m0/s1. The Morgan fingerprint density at radius 3 is 2.19 bits per heavy atom. The molecule has 4 saturated carbocycles. The van der Waals surface area contributed by atoms with E-state index in [-0.39, 0.29) is 6.10 Å². The number of nitrogens with zero attached hydrogens (tertiary/aromatic N) is 1. The minimum atomic E-state index is -0.145. The molecular weight excluding hydrogens is 332 g/mol. The molecule has 0 bridgehead atoms. The highest BCUT2D eigenvalue weighted by molar-refractivity contribution is 5.12.